The van der Waals surface area contributed by atoms with E-state index in [1.54, 1.807) is 6.07 Å². The van der Waals surface area contributed by atoms with E-state index in [0.717, 1.165) is 24.1 Å². The van der Waals surface area contributed by atoms with Gasteiger partial charge in [0.2, 0.25) is 5.91 Å². The number of halogens is 1. The molecule has 120 valence electrons. The number of hydrogen-bond donors (Lipinski definition) is 1. The Bertz CT molecular complexity index is 729. The lowest BCUT2D eigenvalue weighted by Crippen LogP contribution is -2.42. The van der Waals surface area contributed by atoms with Crippen LogP contribution in [-0.2, 0) is 11.2 Å². The Balaban J connectivity index is 1.76. The van der Waals surface area contributed by atoms with E-state index >= 15 is 0 Å². The maximum atomic E-state index is 12.5. The number of aryl methyl sites for hydroxylation is 2. The molecule has 4 heteroatoms. The number of benzene rings is 2. The van der Waals surface area contributed by atoms with E-state index in [4.69, 9.17) is 11.6 Å². The van der Waals surface area contributed by atoms with Gasteiger partial charge in [-0.3, -0.25) is 4.79 Å². The van der Waals surface area contributed by atoms with Gasteiger partial charge < -0.3 is 10.2 Å². The van der Waals surface area contributed by atoms with Gasteiger partial charge in [0.15, 0.2) is 0 Å². The summed E-state index contributed by atoms with van der Waals surface area (Å²) in [7, 11) is 0. The van der Waals surface area contributed by atoms with Gasteiger partial charge in [-0.05, 0) is 56.0 Å². The molecule has 2 aromatic carbocycles. The predicted octanol–water partition coefficient (Wildman–Crippen LogP) is 4.43. The number of nitrogens with zero attached hydrogens (tertiary/aromatic N) is 1. The zero-order valence-corrected chi connectivity index (χ0v) is 14.2. The Labute approximate surface area is 142 Å². The average Bonchev–Trinajstić information content (AvgIpc) is 2.54. The molecular formula is C19H21ClN2O. The van der Waals surface area contributed by atoms with Gasteiger partial charge in [-0.1, -0.05) is 35.9 Å². The maximum Gasteiger partial charge on any atom is 0.243 e. The molecule has 0 saturated heterocycles. The van der Waals surface area contributed by atoms with Crippen LogP contribution in [0.5, 0.6) is 0 Å². The number of carbonyl (C=O) groups excluding carboxylic acids is 1. The van der Waals surface area contributed by atoms with Gasteiger partial charge in [-0.15, -0.1) is 0 Å². The lowest BCUT2D eigenvalue weighted by atomic mass is 9.96. The number of rotatable bonds is 3. The highest BCUT2D eigenvalue weighted by molar-refractivity contribution is 6.31. The van der Waals surface area contributed by atoms with Crippen molar-refractivity contribution < 1.29 is 4.79 Å². The summed E-state index contributed by atoms with van der Waals surface area (Å²) in [6, 6.07) is 14.2. The highest BCUT2D eigenvalue weighted by atomic mass is 35.5. The number of para-hydroxylation sites is 1. The van der Waals surface area contributed by atoms with Crippen LogP contribution in [0, 0.1) is 6.92 Å². The summed E-state index contributed by atoms with van der Waals surface area (Å²) >= 11 is 6.02. The van der Waals surface area contributed by atoms with Gasteiger partial charge in [0.1, 0.15) is 0 Å². The van der Waals surface area contributed by atoms with E-state index in [1.807, 2.05) is 25.1 Å². The molecule has 0 bridgehead atoms. The third-order valence-corrected chi connectivity index (χ3v) is 4.69. The second kappa shape index (κ2) is 6.63. The van der Waals surface area contributed by atoms with Gasteiger partial charge in [-0.2, -0.15) is 0 Å². The van der Waals surface area contributed by atoms with Crippen molar-refractivity contribution in [2.75, 3.05) is 16.8 Å². The molecule has 1 heterocycles. The molecule has 0 aromatic heterocycles. The van der Waals surface area contributed by atoms with Crippen LogP contribution in [0.15, 0.2) is 42.5 Å². The van der Waals surface area contributed by atoms with Crippen molar-refractivity contribution >= 4 is 28.9 Å². The largest absolute Gasteiger partial charge is 0.359 e. The molecule has 0 saturated carbocycles. The van der Waals surface area contributed by atoms with E-state index < -0.39 is 0 Å². The molecule has 1 unspecified atom stereocenters. The van der Waals surface area contributed by atoms with E-state index in [2.05, 4.69) is 35.3 Å². The number of carbonyl (C=O) groups is 1. The van der Waals surface area contributed by atoms with E-state index in [-0.39, 0.29) is 5.91 Å². The first-order valence-corrected chi connectivity index (χ1v) is 8.33. The number of anilines is 2. The van der Waals surface area contributed by atoms with Gasteiger partial charge in [-0.25, -0.2) is 0 Å². The highest BCUT2D eigenvalue weighted by Crippen LogP contribution is 2.30. The summed E-state index contributed by atoms with van der Waals surface area (Å²) in [4.78, 5) is 14.7. The molecule has 0 radical (unpaired) electrons. The van der Waals surface area contributed by atoms with Crippen LogP contribution < -0.4 is 10.2 Å². The van der Waals surface area contributed by atoms with Crippen LogP contribution in [0.1, 0.15) is 24.5 Å². The van der Waals surface area contributed by atoms with Crippen molar-refractivity contribution in [3.8, 4) is 0 Å². The summed E-state index contributed by atoms with van der Waals surface area (Å²) in [5, 5.41) is 3.61. The molecule has 0 spiro atoms. The van der Waals surface area contributed by atoms with E-state index in [1.165, 1.54) is 11.3 Å². The normalized spacial score (nSPS) is 16.8. The average molecular weight is 329 g/mol. The molecular weight excluding hydrogens is 308 g/mol. The Kier molecular flexibility index (Phi) is 4.58. The first-order valence-electron chi connectivity index (χ1n) is 7.95. The van der Waals surface area contributed by atoms with Gasteiger partial charge in [0, 0.05) is 22.4 Å². The SMILES string of the molecule is Cc1ccc(Cl)cc1NC(=O)CN1c2ccccc2CCC1C. The second-order valence-electron chi connectivity index (χ2n) is 6.15. The smallest absolute Gasteiger partial charge is 0.243 e. The van der Waals surface area contributed by atoms with Gasteiger partial charge in [0.05, 0.1) is 6.54 Å². The van der Waals surface area contributed by atoms with Crippen molar-refractivity contribution in [2.45, 2.75) is 32.7 Å². The number of amides is 1. The predicted molar refractivity (Wildman–Crippen MR) is 96.4 cm³/mol. The minimum absolute atomic E-state index is 0.0149. The van der Waals surface area contributed by atoms with E-state index in [9.17, 15) is 4.79 Å². The highest BCUT2D eigenvalue weighted by Gasteiger charge is 2.24. The standard InChI is InChI=1S/C19H21ClN2O/c1-13-7-10-16(20)11-17(13)21-19(23)12-22-14(2)8-9-15-5-3-4-6-18(15)22/h3-7,10-11,14H,8-9,12H2,1-2H3,(H,21,23). The van der Waals surface area contributed by atoms with Crippen LogP contribution in [0.4, 0.5) is 11.4 Å². The lowest BCUT2D eigenvalue weighted by Gasteiger charge is -2.36. The topological polar surface area (TPSA) is 32.3 Å². The van der Waals surface area contributed by atoms with Gasteiger partial charge >= 0.3 is 0 Å². The Morgan fingerprint density at radius 3 is 2.91 bits per heavy atom. The summed E-state index contributed by atoms with van der Waals surface area (Å²) in [5.41, 5.74) is 4.27. The summed E-state index contributed by atoms with van der Waals surface area (Å²) in [6.45, 7) is 4.49. The zero-order valence-electron chi connectivity index (χ0n) is 13.5. The van der Waals surface area contributed by atoms with Crippen LogP contribution in [0.2, 0.25) is 5.02 Å². The fourth-order valence-corrected chi connectivity index (χ4v) is 3.25. The Morgan fingerprint density at radius 1 is 1.30 bits per heavy atom. The third-order valence-electron chi connectivity index (χ3n) is 4.45. The molecule has 23 heavy (non-hydrogen) atoms. The van der Waals surface area contributed by atoms with Crippen molar-refractivity contribution in [1.82, 2.24) is 0 Å². The number of hydrogen-bond acceptors (Lipinski definition) is 2. The lowest BCUT2D eigenvalue weighted by molar-refractivity contribution is -0.115. The molecule has 0 fully saturated rings. The second-order valence-corrected chi connectivity index (χ2v) is 6.59. The Hall–Kier alpha value is -2.00. The molecule has 1 aliphatic heterocycles. The molecule has 2 aromatic rings. The number of nitrogens with one attached hydrogen (secondary N) is 1. The van der Waals surface area contributed by atoms with Crippen molar-refractivity contribution in [3.05, 3.63) is 58.6 Å². The van der Waals surface area contributed by atoms with Gasteiger partial charge in [0.25, 0.3) is 0 Å². The molecule has 1 atom stereocenters. The summed E-state index contributed by atoms with van der Waals surface area (Å²) < 4.78 is 0. The molecule has 1 aliphatic rings. The summed E-state index contributed by atoms with van der Waals surface area (Å²) in [6.07, 6.45) is 2.14. The minimum Gasteiger partial charge on any atom is -0.359 e. The fourth-order valence-electron chi connectivity index (χ4n) is 3.07. The molecule has 3 nitrogen and oxygen atoms in total. The molecule has 1 N–H and O–H groups in total. The monoisotopic (exact) mass is 328 g/mol. The van der Waals surface area contributed by atoms with Crippen molar-refractivity contribution in [1.29, 1.82) is 0 Å². The van der Waals surface area contributed by atoms with Crippen LogP contribution in [0.3, 0.4) is 0 Å². The van der Waals surface area contributed by atoms with Crippen molar-refractivity contribution in [3.63, 3.8) is 0 Å². The third kappa shape index (κ3) is 3.50. The van der Waals surface area contributed by atoms with Crippen LogP contribution >= 0.6 is 11.6 Å². The molecule has 0 aliphatic carbocycles. The van der Waals surface area contributed by atoms with E-state index in [0.29, 0.717) is 17.6 Å². The Morgan fingerprint density at radius 2 is 2.09 bits per heavy atom. The van der Waals surface area contributed by atoms with Crippen LogP contribution in [-0.4, -0.2) is 18.5 Å². The first kappa shape index (κ1) is 15.9. The first-order chi connectivity index (χ1) is 11.0. The summed E-state index contributed by atoms with van der Waals surface area (Å²) in [5.74, 6) is -0.0149. The fraction of sp³-hybridized carbons (Fsp3) is 0.316. The van der Waals surface area contributed by atoms with Crippen molar-refractivity contribution in [2.24, 2.45) is 0 Å². The molecule has 1 amide bonds. The quantitative estimate of drug-likeness (QED) is 0.904. The molecule has 3 rings (SSSR count). The number of fused-ring (bicyclic) bond motifs is 1. The maximum absolute atomic E-state index is 12.5. The minimum atomic E-state index is -0.0149. The van der Waals surface area contributed by atoms with Crippen LogP contribution in [0.25, 0.3) is 0 Å². The zero-order chi connectivity index (χ0) is 16.4.